The maximum Gasteiger partial charge on any atom is 0.264 e. The van der Waals surface area contributed by atoms with Crippen molar-refractivity contribution >= 4 is 39.2 Å². The lowest BCUT2D eigenvalue weighted by Gasteiger charge is -2.25. The fourth-order valence-corrected chi connectivity index (χ4v) is 7.62. The molecule has 0 unspecified atom stereocenters. The second-order valence-corrected chi connectivity index (χ2v) is 13.0. The summed E-state index contributed by atoms with van der Waals surface area (Å²) in [5.41, 5.74) is 4.23. The Labute approximate surface area is 255 Å². The number of para-hydroxylation sites is 3. The molecule has 0 radical (unpaired) electrons. The number of carbonyl (C=O) groups excluding carboxylic acids is 1. The molecule has 2 fully saturated rings. The van der Waals surface area contributed by atoms with E-state index >= 15 is 0 Å². The predicted molar refractivity (Wildman–Crippen MR) is 174 cm³/mol. The summed E-state index contributed by atoms with van der Waals surface area (Å²) in [6.07, 6.45) is 8.11. The highest BCUT2D eigenvalue weighted by Crippen LogP contribution is 2.41. The Morgan fingerprint density at radius 2 is 1.74 bits per heavy atom. The zero-order valence-corrected chi connectivity index (χ0v) is 26.2. The zero-order valence-electron chi connectivity index (χ0n) is 25.4. The average molecular weight is 603 g/mol. The van der Waals surface area contributed by atoms with Gasteiger partial charge in [0.25, 0.3) is 15.9 Å². The number of aryl methyl sites for hydroxylation is 1. The molecule has 3 aromatic carbocycles. The normalized spacial score (nSPS) is 16.7. The van der Waals surface area contributed by atoms with Gasteiger partial charge in [-0.25, -0.2) is 8.42 Å². The first-order valence-corrected chi connectivity index (χ1v) is 16.7. The summed E-state index contributed by atoms with van der Waals surface area (Å²) in [6, 6.07) is 18.6. The molecule has 228 valence electrons. The minimum Gasteiger partial charge on any atom is -0.495 e. The highest BCUT2D eigenvalue weighted by molar-refractivity contribution is 7.92. The molecular weight excluding hydrogens is 560 g/mol. The van der Waals surface area contributed by atoms with Crippen molar-refractivity contribution in [3.8, 4) is 5.75 Å². The summed E-state index contributed by atoms with van der Waals surface area (Å²) < 4.78 is 35.7. The number of aliphatic imine (C=N–C) groups is 1. The van der Waals surface area contributed by atoms with Gasteiger partial charge in [0.05, 0.1) is 24.2 Å². The van der Waals surface area contributed by atoms with Crippen LogP contribution < -0.4 is 14.4 Å². The summed E-state index contributed by atoms with van der Waals surface area (Å²) >= 11 is 0. The van der Waals surface area contributed by atoms with E-state index in [1.807, 2.05) is 55.1 Å². The highest BCUT2D eigenvalue weighted by Gasteiger charge is 2.27. The molecule has 2 aliphatic rings. The molecule has 8 nitrogen and oxygen atoms in total. The number of anilines is 2. The largest absolute Gasteiger partial charge is 0.495 e. The van der Waals surface area contributed by atoms with E-state index in [4.69, 9.17) is 4.74 Å². The number of sulfonamides is 1. The smallest absolute Gasteiger partial charge is 0.264 e. The molecule has 1 N–H and O–H groups in total. The molecule has 1 saturated carbocycles. The molecule has 1 saturated heterocycles. The first kappa shape index (κ1) is 30.6. The third-order valence-corrected chi connectivity index (χ3v) is 9.95. The topological polar surface area (TPSA) is 91.3 Å². The number of ether oxygens (including phenoxy) is 1. The van der Waals surface area contributed by atoms with E-state index in [2.05, 4.69) is 14.6 Å². The number of hydrogen-bond donors (Lipinski definition) is 1. The SMILES string of the molecule is CC=Nc1c(C2CCCCC2)cccc1S(=O)(=O)Nc1ccc(C(=O)N2CCCN(c3ccccc3OC)CC2)cc1C. The van der Waals surface area contributed by atoms with Gasteiger partial charge >= 0.3 is 0 Å². The van der Waals surface area contributed by atoms with Crippen molar-refractivity contribution in [1.82, 2.24) is 4.90 Å². The van der Waals surface area contributed by atoms with Crippen LogP contribution in [0.3, 0.4) is 0 Å². The van der Waals surface area contributed by atoms with Gasteiger partial charge in [0, 0.05) is 38.0 Å². The van der Waals surface area contributed by atoms with Gasteiger partial charge in [0.15, 0.2) is 0 Å². The van der Waals surface area contributed by atoms with Gasteiger partial charge in [0.1, 0.15) is 10.6 Å². The Bertz CT molecular complexity index is 1580. The molecule has 3 aromatic rings. The third kappa shape index (κ3) is 6.88. The van der Waals surface area contributed by atoms with Crippen molar-refractivity contribution < 1.29 is 17.9 Å². The second kappa shape index (κ2) is 13.6. The number of amides is 1. The van der Waals surface area contributed by atoms with Crippen molar-refractivity contribution in [2.45, 2.75) is 63.2 Å². The van der Waals surface area contributed by atoms with Crippen LogP contribution in [-0.4, -0.2) is 58.7 Å². The van der Waals surface area contributed by atoms with Crippen LogP contribution in [0.2, 0.25) is 0 Å². The van der Waals surface area contributed by atoms with Crippen LogP contribution in [0, 0.1) is 6.92 Å². The lowest BCUT2D eigenvalue weighted by molar-refractivity contribution is 0.0767. The van der Waals surface area contributed by atoms with Gasteiger partial charge < -0.3 is 14.5 Å². The lowest BCUT2D eigenvalue weighted by Crippen LogP contribution is -2.35. The minimum absolute atomic E-state index is 0.0564. The first-order chi connectivity index (χ1) is 20.8. The van der Waals surface area contributed by atoms with Crippen LogP contribution in [-0.2, 0) is 10.0 Å². The third-order valence-electron chi connectivity index (χ3n) is 8.55. The van der Waals surface area contributed by atoms with Crippen molar-refractivity contribution in [2.24, 2.45) is 4.99 Å². The van der Waals surface area contributed by atoms with Crippen LogP contribution in [0.1, 0.15) is 72.9 Å². The summed E-state index contributed by atoms with van der Waals surface area (Å²) in [7, 11) is -2.25. The lowest BCUT2D eigenvalue weighted by atomic mass is 9.83. The fourth-order valence-electron chi connectivity index (χ4n) is 6.31. The van der Waals surface area contributed by atoms with Crippen molar-refractivity contribution in [3.63, 3.8) is 0 Å². The van der Waals surface area contributed by atoms with Gasteiger partial charge in [-0.1, -0.05) is 43.5 Å². The van der Waals surface area contributed by atoms with Gasteiger partial charge in [-0.15, -0.1) is 0 Å². The molecule has 1 aliphatic carbocycles. The molecule has 0 atom stereocenters. The molecule has 5 rings (SSSR count). The monoisotopic (exact) mass is 602 g/mol. The number of nitrogens with zero attached hydrogens (tertiary/aromatic N) is 3. The molecule has 0 spiro atoms. The summed E-state index contributed by atoms with van der Waals surface area (Å²) in [5, 5.41) is 0. The molecule has 1 amide bonds. The first-order valence-electron chi connectivity index (χ1n) is 15.2. The number of carbonyl (C=O) groups is 1. The van der Waals surface area contributed by atoms with E-state index in [1.165, 1.54) is 6.42 Å². The molecule has 9 heteroatoms. The number of benzene rings is 3. The Morgan fingerprint density at radius 1 is 0.953 bits per heavy atom. The molecule has 0 aromatic heterocycles. The molecule has 0 bridgehead atoms. The van der Waals surface area contributed by atoms with E-state index in [-0.39, 0.29) is 10.8 Å². The second-order valence-electron chi connectivity index (χ2n) is 11.4. The van der Waals surface area contributed by atoms with Crippen LogP contribution in [0.25, 0.3) is 0 Å². The van der Waals surface area contributed by atoms with Crippen molar-refractivity contribution in [2.75, 3.05) is 42.9 Å². The zero-order chi connectivity index (χ0) is 30.4. The van der Waals surface area contributed by atoms with Gasteiger partial charge in [0.2, 0.25) is 0 Å². The Morgan fingerprint density at radius 3 is 2.49 bits per heavy atom. The number of nitrogens with one attached hydrogen (secondary N) is 1. The minimum atomic E-state index is -3.92. The van der Waals surface area contributed by atoms with Crippen LogP contribution in [0.5, 0.6) is 5.75 Å². The molecule has 1 aliphatic heterocycles. The molecule has 43 heavy (non-hydrogen) atoms. The van der Waals surface area contributed by atoms with E-state index < -0.39 is 10.0 Å². The van der Waals surface area contributed by atoms with E-state index in [1.54, 1.807) is 37.6 Å². The van der Waals surface area contributed by atoms with Crippen LogP contribution in [0.15, 0.2) is 70.6 Å². The number of hydrogen-bond acceptors (Lipinski definition) is 6. The van der Waals surface area contributed by atoms with Crippen LogP contribution >= 0.6 is 0 Å². The molecule has 1 heterocycles. The van der Waals surface area contributed by atoms with E-state index in [0.717, 1.165) is 55.6 Å². The predicted octanol–water partition coefficient (Wildman–Crippen LogP) is 6.93. The number of rotatable bonds is 8. The number of methoxy groups -OCH3 is 1. The maximum atomic E-state index is 13.7. The quantitative estimate of drug-likeness (QED) is 0.283. The van der Waals surface area contributed by atoms with Gasteiger partial charge in [-0.2, -0.15) is 0 Å². The Balaban J connectivity index is 1.32. The standard InChI is InChI=1S/C34H42N4O4S/c1-4-35-33-28(26-12-6-5-7-13-26)14-10-17-32(33)43(40,41)36-29-19-18-27(24-25(29)2)34(39)38-21-11-20-37(22-23-38)30-15-8-9-16-31(30)42-3/h4,8-10,14-19,24,26,36H,5-7,11-13,20-23H2,1-3H3. The summed E-state index contributed by atoms with van der Waals surface area (Å²) in [4.78, 5) is 22.4. The van der Waals surface area contributed by atoms with Crippen molar-refractivity contribution in [1.29, 1.82) is 0 Å². The Kier molecular flexibility index (Phi) is 9.70. The van der Waals surface area contributed by atoms with Gasteiger partial charge in [-0.3, -0.25) is 14.5 Å². The molecular formula is C34H42N4O4S. The maximum absolute atomic E-state index is 13.7. The average Bonchev–Trinajstić information content (AvgIpc) is 3.28. The fraction of sp³-hybridized carbons (Fsp3) is 0.412. The Hall–Kier alpha value is -3.85. The highest BCUT2D eigenvalue weighted by atomic mass is 32.2. The van der Waals surface area contributed by atoms with Crippen molar-refractivity contribution in [3.05, 3.63) is 77.4 Å². The summed E-state index contributed by atoms with van der Waals surface area (Å²) in [5.74, 6) is 1.08. The van der Waals surface area contributed by atoms with E-state index in [9.17, 15) is 13.2 Å². The summed E-state index contributed by atoms with van der Waals surface area (Å²) in [6.45, 7) is 6.39. The van der Waals surface area contributed by atoms with Crippen LogP contribution in [0.4, 0.5) is 17.1 Å². The van der Waals surface area contributed by atoms with E-state index in [0.29, 0.717) is 48.1 Å². The van der Waals surface area contributed by atoms with Gasteiger partial charge in [-0.05, 0) is 86.6 Å².